The van der Waals surface area contributed by atoms with Crippen molar-refractivity contribution < 1.29 is 4.74 Å². The Kier molecular flexibility index (Phi) is 6.70. The van der Waals surface area contributed by atoms with Crippen LogP contribution in [0.25, 0.3) is 11.1 Å². The maximum absolute atomic E-state index is 13.1. The molecule has 6 nitrogen and oxygen atoms in total. The van der Waals surface area contributed by atoms with Gasteiger partial charge in [0.15, 0.2) is 0 Å². The third-order valence-electron chi connectivity index (χ3n) is 5.94. The van der Waals surface area contributed by atoms with Gasteiger partial charge in [0.25, 0.3) is 5.56 Å². The largest absolute Gasteiger partial charge is 0.481 e. The number of methoxy groups -OCH3 is 1. The fourth-order valence-electron chi connectivity index (χ4n) is 4.32. The zero-order chi connectivity index (χ0) is 21.8. The molecule has 0 saturated heterocycles. The average Bonchev–Trinajstić information content (AvgIpc) is 3.32. The normalized spacial score (nSPS) is 18.8. The summed E-state index contributed by atoms with van der Waals surface area (Å²) in [5.74, 6) is 1.56. The van der Waals surface area contributed by atoms with Crippen molar-refractivity contribution in [1.82, 2.24) is 13.9 Å². The third kappa shape index (κ3) is 5.15. The molecule has 1 fully saturated rings. The number of pyridine rings is 2. The molecule has 0 radical (unpaired) electrons. The molecular formula is C24H30N4O2S. The molecule has 1 saturated carbocycles. The average molecular weight is 439 g/mol. The van der Waals surface area contributed by atoms with Crippen molar-refractivity contribution >= 4 is 17.2 Å². The van der Waals surface area contributed by atoms with Gasteiger partial charge in [-0.15, -0.1) is 0 Å². The SMILES string of the molecule is COc1ccc([C@H]2CC[C@@H](Nc3cc(-c4cnsc4)cn(CC(C)C)c3=O)CC2)cn1. The molecule has 1 aliphatic carbocycles. The van der Waals surface area contributed by atoms with Crippen molar-refractivity contribution in [1.29, 1.82) is 0 Å². The van der Waals surface area contributed by atoms with Crippen LogP contribution in [0.15, 0.2) is 47.0 Å². The Balaban J connectivity index is 1.48. The first-order valence-corrected chi connectivity index (χ1v) is 11.8. The van der Waals surface area contributed by atoms with E-state index >= 15 is 0 Å². The second kappa shape index (κ2) is 9.64. The first-order valence-electron chi connectivity index (χ1n) is 10.9. The Bertz CT molecular complexity index is 1040. The minimum absolute atomic E-state index is 0.0575. The molecule has 4 rings (SSSR count). The lowest BCUT2D eigenvalue weighted by molar-refractivity contribution is 0.393. The van der Waals surface area contributed by atoms with Crippen LogP contribution in [0.3, 0.4) is 0 Å². The number of rotatable bonds is 7. The molecule has 0 bridgehead atoms. The van der Waals surface area contributed by atoms with Gasteiger partial charge in [0, 0.05) is 53.8 Å². The van der Waals surface area contributed by atoms with Crippen LogP contribution < -0.4 is 15.6 Å². The highest BCUT2D eigenvalue weighted by molar-refractivity contribution is 7.03. The van der Waals surface area contributed by atoms with E-state index in [1.807, 2.05) is 40.7 Å². The van der Waals surface area contributed by atoms with Gasteiger partial charge in [-0.1, -0.05) is 19.9 Å². The van der Waals surface area contributed by atoms with E-state index in [1.54, 1.807) is 7.11 Å². The summed E-state index contributed by atoms with van der Waals surface area (Å²) in [5.41, 5.74) is 4.11. The summed E-state index contributed by atoms with van der Waals surface area (Å²) in [6, 6.07) is 6.34. The lowest BCUT2D eigenvalue weighted by Gasteiger charge is -2.30. The minimum Gasteiger partial charge on any atom is -0.481 e. The van der Waals surface area contributed by atoms with Crippen LogP contribution in [-0.4, -0.2) is 27.1 Å². The van der Waals surface area contributed by atoms with Gasteiger partial charge in [-0.05, 0) is 60.7 Å². The highest BCUT2D eigenvalue weighted by Crippen LogP contribution is 2.34. The fourth-order valence-corrected chi connectivity index (χ4v) is 4.86. The number of aromatic nitrogens is 3. The fraction of sp³-hybridized carbons (Fsp3) is 0.458. The standard InChI is InChI=1S/C24H30N4O2S/c1-16(2)13-28-14-19(20-12-26-31-15-20)10-22(24(28)29)27-21-7-4-17(5-8-21)18-6-9-23(30-3)25-11-18/h6,9-12,14-17,21,27H,4-5,7-8,13H2,1-3H3/t17-,21+. The highest BCUT2D eigenvalue weighted by atomic mass is 32.1. The number of nitrogens with one attached hydrogen (secondary N) is 1. The van der Waals surface area contributed by atoms with Crippen LogP contribution >= 0.6 is 11.5 Å². The molecule has 0 atom stereocenters. The summed E-state index contributed by atoms with van der Waals surface area (Å²) < 4.78 is 11.2. The van der Waals surface area contributed by atoms with Crippen LogP contribution in [0.1, 0.15) is 51.0 Å². The smallest absolute Gasteiger partial charge is 0.273 e. The Hall–Kier alpha value is -2.67. The predicted octanol–water partition coefficient (Wildman–Crippen LogP) is 5.17. The minimum atomic E-state index is 0.0575. The molecule has 1 aliphatic rings. The molecule has 3 heterocycles. The zero-order valence-corrected chi connectivity index (χ0v) is 19.2. The molecule has 0 aliphatic heterocycles. The van der Waals surface area contributed by atoms with Gasteiger partial charge in [0.1, 0.15) is 5.69 Å². The summed E-state index contributed by atoms with van der Waals surface area (Å²) in [5, 5.41) is 5.59. The van der Waals surface area contributed by atoms with E-state index in [0.717, 1.165) is 36.8 Å². The summed E-state index contributed by atoms with van der Waals surface area (Å²) in [7, 11) is 1.64. The second-order valence-corrected chi connectivity index (χ2v) is 9.39. The topological polar surface area (TPSA) is 69.0 Å². The molecule has 3 aromatic heterocycles. The van der Waals surface area contributed by atoms with E-state index in [1.165, 1.54) is 17.1 Å². The number of hydrogen-bond acceptors (Lipinski definition) is 6. The van der Waals surface area contributed by atoms with Crippen LogP contribution in [0.4, 0.5) is 5.69 Å². The van der Waals surface area contributed by atoms with Gasteiger partial charge in [0.2, 0.25) is 5.88 Å². The number of anilines is 1. The van der Waals surface area contributed by atoms with Crippen molar-refractivity contribution in [2.24, 2.45) is 5.92 Å². The monoisotopic (exact) mass is 438 g/mol. The predicted molar refractivity (Wildman–Crippen MR) is 126 cm³/mol. The van der Waals surface area contributed by atoms with Crippen LogP contribution in [0, 0.1) is 5.92 Å². The van der Waals surface area contributed by atoms with Gasteiger partial charge in [0.05, 0.1) is 7.11 Å². The van der Waals surface area contributed by atoms with E-state index in [0.29, 0.717) is 36.0 Å². The molecular weight excluding hydrogens is 408 g/mol. The van der Waals surface area contributed by atoms with E-state index < -0.39 is 0 Å². The molecule has 0 aromatic carbocycles. The quantitative estimate of drug-likeness (QED) is 0.551. The van der Waals surface area contributed by atoms with E-state index in [4.69, 9.17) is 4.74 Å². The Morgan fingerprint density at radius 2 is 2.00 bits per heavy atom. The van der Waals surface area contributed by atoms with Gasteiger partial charge < -0.3 is 14.6 Å². The molecule has 3 aromatic rings. The van der Waals surface area contributed by atoms with Crippen molar-refractivity contribution in [3.05, 3.63) is 58.1 Å². The van der Waals surface area contributed by atoms with E-state index in [-0.39, 0.29) is 5.56 Å². The Labute approximate surface area is 187 Å². The maximum atomic E-state index is 13.1. The summed E-state index contributed by atoms with van der Waals surface area (Å²) in [6.45, 7) is 4.97. The molecule has 1 N–H and O–H groups in total. The van der Waals surface area contributed by atoms with Crippen molar-refractivity contribution in [2.75, 3.05) is 12.4 Å². The Morgan fingerprint density at radius 3 is 2.61 bits per heavy atom. The Morgan fingerprint density at radius 1 is 1.19 bits per heavy atom. The maximum Gasteiger partial charge on any atom is 0.273 e. The summed E-state index contributed by atoms with van der Waals surface area (Å²) >= 11 is 1.43. The number of hydrogen-bond donors (Lipinski definition) is 1. The molecule has 0 spiro atoms. The third-order valence-corrected chi connectivity index (χ3v) is 6.53. The second-order valence-electron chi connectivity index (χ2n) is 8.73. The summed E-state index contributed by atoms with van der Waals surface area (Å²) in [6.07, 6.45) is 9.99. The van der Waals surface area contributed by atoms with Crippen LogP contribution in [-0.2, 0) is 6.54 Å². The van der Waals surface area contributed by atoms with Crippen molar-refractivity contribution in [3.8, 4) is 17.0 Å². The number of ether oxygens (including phenoxy) is 1. The van der Waals surface area contributed by atoms with Gasteiger partial charge in [-0.2, -0.15) is 0 Å². The van der Waals surface area contributed by atoms with Crippen LogP contribution in [0.2, 0.25) is 0 Å². The molecule has 0 amide bonds. The van der Waals surface area contributed by atoms with Crippen LogP contribution in [0.5, 0.6) is 5.88 Å². The summed E-state index contributed by atoms with van der Waals surface area (Å²) in [4.78, 5) is 17.5. The highest BCUT2D eigenvalue weighted by Gasteiger charge is 2.24. The molecule has 0 unspecified atom stereocenters. The number of nitrogens with zero attached hydrogens (tertiary/aromatic N) is 3. The van der Waals surface area contributed by atoms with Gasteiger partial charge >= 0.3 is 0 Å². The van der Waals surface area contributed by atoms with E-state index in [2.05, 4.69) is 34.6 Å². The first-order chi connectivity index (χ1) is 15.0. The molecule has 164 valence electrons. The van der Waals surface area contributed by atoms with Gasteiger partial charge in [-0.3, -0.25) is 4.79 Å². The molecule has 31 heavy (non-hydrogen) atoms. The van der Waals surface area contributed by atoms with E-state index in [9.17, 15) is 4.79 Å². The van der Waals surface area contributed by atoms with Gasteiger partial charge in [-0.25, -0.2) is 9.36 Å². The molecule has 7 heteroatoms. The zero-order valence-electron chi connectivity index (χ0n) is 18.4. The van der Waals surface area contributed by atoms with Crippen molar-refractivity contribution in [3.63, 3.8) is 0 Å². The lowest BCUT2D eigenvalue weighted by atomic mass is 9.82. The van der Waals surface area contributed by atoms with Crippen molar-refractivity contribution in [2.45, 2.75) is 58.0 Å². The first kappa shape index (κ1) is 21.6. The lowest BCUT2D eigenvalue weighted by Crippen LogP contribution is -2.31.